The molecule has 0 bridgehead atoms. The predicted octanol–water partition coefficient (Wildman–Crippen LogP) is 3.31. The van der Waals surface area contributed by atoms with E-state index in [0.29, 0.717) is 32.6 Å². The lowest BCUT2D eigenvalue weighted by molar-refractivity contribution is -0.214. The fraction of sp³-hybridized carbons (Fsp3) is 0.667. The fourth-order valence-electron chi connectivity index (χ4n) is 3.95. The minimum Gasteiger partial charge on any atom is -0.435 e. The van der Waals surface area contributed by atoms with E-state index < -0.39 is 29.9 Å². The normalized spacial score (nSPS) is 23.7. The molecule has 3 rings (SSSR count). The van der Waals surface area contributed by atoms with Gasteiger partial charge >= 0.3 is 11.9 Å². The molecule has 7 nitrogen and oxygen atoms in total. The minimum absolute atomic E-state index is 0.207. The number of nitrogens with zero attached hydrogens (tertiary/aromatic N) is 1. The van der Waals surface area contributed by atoms with Crippen molar-refractivity contribution in [2.75, 3.05) is 33.9 Å². The van der Waals surface area contributed by atoms with Crippen LogP contribution in [0.1, 0.15) is 50.5 Å². The molecule has 31 heavy (non-hydrogen) atoms. The molecular weight excluding hydrogens is 398 g/mol. The van der Waals surface area contributed by atoms with Crippen LogP contribution in [0.5, 0.6) is 0 Å². The molecule has 2 fully saturated rings. The second-order valence-electron chi connectivity index (χ2n) is 8.70. The van der Waals surface area contributed by atoms with Crippen molar-refractivity contribution in [3.05, 3.63) is 35.9 Å². The lowest BCUT2D eigenvalue weighted by Gasteiger charge is -2.34. The van der Waals surface area contributed by atoms with E-state index in [9.17, 15) is 9.59 Å². The number of benzene rings is 1. The van der Waals surface area contributed by atoms with E-state index in [4.69, 9.17) is 18.9 Å². The van der Waals surface area contributed by atoms with Gasteiger partial charge in [-0.05, 0) is 64.7 Å². The quantitative estimate of drug-likeness (QED) is 0.437. The lowest BCUT2D eigenvalue weighted by Crippen LogP contribution is -2.48. The van der Waals surface area contributed by atoms with Crippen molar-refractivity contribution in [1.29, 1.82) is 0 Å². The summed E-state index contributed by atoms with van der Waals surface area (Å²) in [6, 6.07) is 9.54. The Hall–Kier alpha value is -1.96. The van der Waals surface area contributed by atoms with Gasteiger partial charge in [-0.1, -0.05) is 30.3 Å². The van der Waals surface area contributed by atoms with Gasteiger partial charge in [0, 0.05) is 12.8 Å². The maximum atomic E-state index is 13.6. The molecule has 0 aliphatic carbocycles. The van der Waals surface area contributed by atoms with Gasteiger partial charge in [0.15, 0.2) is 5.41 Å². The summed E-state index contributed by atoms with van der Waals surface area (Å²) in [5.41, 5.74) is -0.586. The molecule has 0 saturated carbocycles. The number of hydrogen-bond donors (Lipinski definition) is 0. The van der Waals surface area contributed by atoms with E-state index >= 15 is 0 Å². The third-order valence-electron chi connectivity index (χ3n) is 5.87. The van der Waals surface area contributed by atoms with Gasteiger partial charge in [0.05, 0.1) is 13.2 Å². The molecule has 2 saturated heterocycles. The molecule has 172 valence electrons. The zero-order chi connectivity index (χ0) is 22.1. The van der Waals surface area contributed by atoms with Crippen molar-refractivity contribution < 1.29 is 28.5 Å². The Kier molecular flexibility index (Phi) is 8.87. The Labute approximate surface area is 185 Å². The van der Waals surface area contributed by atoms with E-state index in [2.05, 4.69) is 0 Å². The van der Waals surface area contributed by atoms with Crippen LogP contribution in [-0.4, -0.2) is 63.3 Å². The first-order valence-electron chi connectivity index (χ1n) is 11.3. The second kappa shape index (κ2) is 11.6. The highest BCUT2D eigenvalue weighted by atomic mass is 16.7. The molecule has 2 heterocycles. The molecule has 0 radical (unpaired) electrons. The van der Waals surface area contributed by atoms with E-state index in [0.717, 1.165) is 31.2 Å². The van der Waals surface area contributed by atoms with Crippen LogP contribution in [0.2, 0.25) is 0 Å². The summed E-state index contributed by atoms with van der Waals surface area (Å²) in [4.78, 5) is 29.1. The second-order valence-corrected chi connectivity index (χ2v) is 8.70. The summed E-state index contributed by atoms with van der Waals surface area (Å²) in [7, 11) is 3.83. The van der Waals surface area contributed by atoms with Crippen LogP contribution in [0.4, 0.5) is 0 Å². The molecule has 0 spiro atoms. The van der Waals surface area contributed by atoms with Crippen molar-refractivity contribution >= 4 is 11.9 Å². The Bertz CT molecular complexity index is 663. The van der Waals surface area contributed by atoms with Crippen molar-refractivity contribution in [2.45, 2.75) is 63.9 Å². The van der Waals surface area contributed by atoms with Crippen LogP contribution in [0, 0.1) is 5.41 Å². The zero-order valence-electron chi connectivity index (χ0n) is 18.7. The molecule has 7 heteroatoms. The Morgan fingerprint density at radius 3 is 1.94 bits per heavy atom. The Morgan fingerprint density at radius 1 is 0.935 bits per heavy atom. The summed E-state index contributed by atoms with van der Waals surface area (Å²) in [5.74, 6) is -1.16. The minimum atomic E-state index is -1.47. The predicted molar refractivity (Wildman–Crippen MR) is 115 cm³/mol. The molecule has 2 aliphatic heterocycles. The highest BCUT2D eigenvalue weighted by Crippen LogP contribution is 2.34. The average Bonchev–Trinajstić information content (AvgIpc) is 2.78. The molecule has 2 atom stereocenters. The number of esters is 2. The molecule has 1 aromatic carbocycles. The number of hydrogen-bond acceptors (Lipinski definition) is 7. The van der Waals surface area contributed by atoms with Gasteiger partial charge in [-0.3, -0.25) is 9.59 Å². The van der Waals surface area contributed by atoms with Gasteiger partial charge < -0.3 is 23.8 Å². The maximum Gasteiger partial charge on any atom is 0.326 e. The van der Waals surface area contributed by atoms with E-state index in [1.165, 1.54) is 0 Å². The third kappa shape index (κ3) is 6.76. The van der Waals surface area contributed by atoms with Crippen molar-refractivity contribution in [1.82, 2.24) is 4.90 Å². The molecule has 2 aliphatic rings. The zero-order valence-corrected chi connectivity index (χ0v) is 18.7. The van der Waals surface area contributed by atoms with E-state index in [-0.39, 0.29) is 12.8 Å². The number of rotatable bonds is 9. The molecule has 0 aromatic heterocycles. The van der Waals surface area contributed by atoms with Gasteiger partial charge in [0.25, 0.3) is 0 Å². The SMILES string of the molecule is CN(C)CCC(Cc1ccccc1)(C(=O)OC1CCCCO1)C(=O)OC1CCCCO1. The average molecular weight is 434 g/mol. The van der Waals surface area contributed by atoms with Crippen LogP contribution in [-0.2, 0) is 35.0 Å². The van der Waals surface area contributed by atoms with Crippen molar-refractivity contribution in [3.8, 4) is 0 Å². The van der Waals surface area contributed by atoms with Gasteiger partial charge in [0.1, 0.15) is 0 Å². The fourth-order valence-corrected chi connectivity index (χ4v) is 3.95. The van der Waals surface area contributed by atoms with E-state index in [1.54, 1.807) is 0 Å². The molecule has 1 aromatic rings. The molecule has 0 N–H and O–H groups in total. The lowest BCUT2D eigenvalue weighted by atomic mass is 9.78. The summed E-state index contributed by atoms with van der Waals surface area (Å²) in [5, 5.41) is 0. The van der Waals surface area contributed by atoms with Crippen LogP contribution < -0.4 is 0 Å². The van der Waals surface area contributed by atoms with Crippen LogP contribution in [0.25, 0.3) is 0 Å². The van der Waals surface area contributed by atoms with Crippen molar-refractivity contribution in [2.24, 2.45) is 5.41 Å². The summed E-state index contributed by atoms with van der Waals surface area (Å²) < 4.78 is 22.7. The number of carbonyl (C=O) groups excluding carboxylic acids is 2. The highest BCUT2D eigenvalue weighted by molar-refractivity contribution is 6.00. The first kappa shape index (κ1) is 23.7. The maximum absolute atomic E-state index is 13.6. The molecule has 2 unspecified atom stereocenters. The van der Waals surface area contributed by atoms with Crippen LogP contribution >= 0.6 is 0 Å². The smallest absolute Gasteiger partial charge is 0.326 e. The number of carbonyl (C=O) groups is 2. The molecule has 0 amide bonds. The summed E-state index contributed by atoms with van der Waals surface area (Å²) in [6.45, 7) is 1.65. The summed E-state index contributed by atoms with van der Waals surface area (Å²) >= 11 is 0. The molecular formula is C24H35NO6. The first-order chi connectivity index (χ1) is 15.0. The first-order valence-corrected chi connectivity index (χ1v) is 11.3. The standard InChI is InChI=1S/C24H35NO6/c1-25(2)15-14-24(18-19-10-4-3-5-11-19,22(26)30-20-12-6-8-16-28-20)23(27)31-21-13-7-9-17-29-21/h3-5,10-11,20-21H,6-9,12-18H2,1-2H3. The monoisotopic (exact) mass is 433 g/mol. The Balaban J connectivity index is 1.87. The topological polar surface area (TPSA) is 74.3 Å². The number of ether oxygens (including phenoxy) is 4. The largest absolute Gasteiger partial charge is 0.435 e. The summed E-state index contributed by atoms with van der Waals surface area (Å²) in [6.07, 6.45) is 4.30. The van der Waals surface area contributed by atoms with Gasteiger partial charge in [-0.2, -0.15) is 0 Å². The van der Waals surface area contributed by atoms with Gasteiger partial charge in [-0.15, -0.1) is 0 Å². The van der Waals surface area contributed by atoms with Crippen molar-refractivity contribution in [3.63, 3.8) is 0 Å². The highest BCUT2D eigenvalue weighted by Gasteiger charge is 2.50. The third-order valence-corrected chi connectivity index (χ3v) is 5.87. The Morgan fingerprint density at radius 2 is 1.48 bits per heavy atom. The van der Waals surface area contributed by atoms with Gasteiger partial charge in [-0.25, -0.2) is 0 Å². The van der Waals surface area contributed by atoms with E-state index in [1.807, 2.05) is 49.3 Å². The van der Waals surface area contributed by atoms with Crippen LogP contribution in [0.3, 0.4) is 0 Å². The van der Waals surface area contributed by atoms with Gasteiger partial charge in [0.2, 0.25) is 12.6 Å². The van der Waals surface area contributed by atoms with Crippen LogP contribution in [0.15, 0.2) is 30.3 Å².